The zero-order chi connectivity index (χ0) is 23.4. The fraction of sp³-hybridized carbons (Fsp3) is 0.500. The van der Waals surface area contributed by atoms with Gasteiger partial charge in [-0.3, -0.25) is 4.79 Å². The molecule has 9 nitrogen and oxygen atoms in total. The quantitative estimate of drug-likeness (QED) is 0.524. The van der Waals surface area contributed by atoms with Crippen molar-refractivity contribution in [3.63, 3.8) is 0 Å². The molecule has 1 N–H and O–H groups in total. The summed E-state index contributed by atoms with van der Waals surface area (Å²) < 4.78 is 11.0. The van der Waals surface area contributed by atoms with E-state index in [2.05, 4.69) is 32.0 Å². The molecule has 4 heterocycles. The van der Waals surface area contributed by atoms with Crippen molar-refractivity contribution in [3.05, 3.63) is 48.3 Å². The van der Waals surface area contributed by atoms with Crippen LogP contribution in [0.4, 0.5) is 5.82 Å². The van der Waals surface area contributed by atoms with Crippen LogP contribution >= 0.6 is 0 Å². The molecule has 0 bridgehead atoms. The van der Waals surface area contributed by atoms with Gasteiger partial charge in [-0.15, -0.1) is 0 Å². The maximum Gasteiger partial charge on any atom is 0.233 e. The van der Waals surface area contributed by atoms with Gasteiger partial charge >= 0.3 is 0 Å². The van der Waals surface area contributed by atoms with Crippen molar-refractivity contribution in [2.45, 2.75) is 26.9 Å². The van der Waals surface area contributed by atoms with Crippen molar-refractivity contribution in [2.75, 3.05) is 50.8 Å². The Hall–Kier alpha value is -3.20. The third-order valence-electron chi connectivity index (χ3n) is 5.90. The zero-order valence-electron chi connectivity index (χ0n) is 19.6. The molecule has 0 saturated carbocycles. The number of nitrogens with one attached hydrogen (secondary N) is 1. The molecule has 0 aromatic carbocycles. The van der Waals surface area contributed by atoms with Crippen LogP contribution in [-0.2, 0) is 14.3 Å². The molecule has 2 saturated heterocycles. The Morgan fingerprint density at radius 2 is 2.09 bits per heavy atom. The van der Waals surface area contributed by atoms with Gasteiger partial charge in [0.2, 0.25) is 11.8 Å². The molecule has 176 valence electrons. The molecular formula is C24H32N6O3. The van der Waals surface area contributed by atoms with E-state index in [-0.39, 0.29) is 17.4 Å². The van der Waals surface area contributed by atoms with Crippen molar-refractivity contribution in [1.29, 1.82) is 0 Å². The molecule has 9 heteroatoms. The molecule has 3 aliphatic heterocycles. The lowest BCUT2D eigenvalue weighted by atomic mass is 9.86. The highest BCUT2D eigenvalue weighted by atomic mass is 16.5. The van der Waals surface area contributed by atoms with E-state index in [0.717, 1.165) is 35.8 Å². The summed E-state index contributed by atoms with van der Waals surface area (Å²) in [5.41, 5.74) is 5.50. The number of ether oxygens (including phenoxy) is 2. The number of hydrogen-bond acceptors (Lipinski definition) is 8. The van der Waals surface area contributed by atoms with Crippen molar-refractivity contribution < 1.29 is 14.3 Å². The molecule has 2 fully saturated rings. The molecular weight excluding hydrogens is 420 g/mol. The van der Waals surface area contributed by atoms with Crippen molar-refractivity contribution in [1.82, 2.24) is 15.3 Å². The first kappa shape index (κ1) is 23.0. The molecule has 33 heavy (non-hydrogen) atoms. The Morgan fingerprint density at radius 3 is 2.73 bits per heavy atom. The lowest BCUT2D eigenvalue weighted by Gasteiger charge is -2.43. The maximum atomic E-state index is 12.8. The summed E-state index contributed by atoms with van der Waals surface area (Å²) in [5, 5.41) is 4.50. The second-order valence-electron chi connectivity index (χ2n) is 9.02. The van der Waals surface area contributed by atoms with E-state index in [0.29, 0.717) is 38.7 Å². The number of rotatable bonds is 6. The minimum atomic E-state index is -0.357. The molecule has 0 atom stereocenters. The van der Waals surface area contributed by atoms with Gasteiger partial charge in [0.05, 0.1) is 37.0 Å². The molecule has 0 radical (unpaired) electrons. The third-order valence-corrected chi connectivity index (χ3v) is 5.90. The van der Waals surface area contributed by atoms with Gasteiger partial charge in [-0.2, -0.15) is 5.10 Å². The molecule has 4 rings (SSSR count). The monoisotopic (exact) mass is 452 g/mol. The number of piperazine rings is 1. The van der Waals surface area contributed by atoms with E-state index in [1.807, 2.05) is 43.9 Å². The number of carbonyl (C=O) groups excluding carboxylic acids is 1. The molecule has 3 aliphatic rings. The minimum Gasteiger partial charge on any atom is -0.475 e. The molecule has 0 aliphatic carbocycles. The number of aromatic nitrogens is 1. The maximum absolute atomic E-state index is 12.8. The second kappa shape index (κ2) is 9.74. The number of carbonyl (C=O) groups is 1. The number of hydrazone groups is 1. The summed E-state index contributed by atoms with van der Waals surface area (Å²) in [6.07, 6.45) is 5.18. The first-order valence-corrected chi connectivity index (χ1v) is 11.3. The highest BCUT2D eigenvalue weighted by Gasteiger charge is 2.44. The number of nitrogens with zero attached hydrogens (tertiary/aromatic N) is 5. The summed E-state index contributed by atoms with van der Waals surface area (Å²) in [7, 11) is 0. The van der Waals surface area contributed by atoms with Gasteiger partial charge in [-0.05, 0) is 32.9 Å². The van der Waals surface area contributed by atoms with E-state index in [9.17, 15) is 4.79 Å². The first-order chi connectivity index (χ1) is 15.9. The van der Waals surface area contributed by atoms with Crippen LogP contribution in [0.1, 0.15) is 26.3 Å². The highest BCUT2D eigenvalue weighted by Crippen LogP contribution is 2.30. The molecule has 1 amide bonds. The average Bonchev–Trinajstić information content (AvgIpc) is 3.25. The standard InChI is InChI=1S/C24H32N6O3/c1-5-25-21(33-17(2)3)13-19-14-27-28-22(19)18-6-7-26-20(12-18)29-8-10-30(11-9-29)23(31)24(4)15-32-16-24/h5-7,12-13,17,27H,1,8-11,14-16H2,2-4H3/b19-13+,25-21+. The Labute approximate surface area is 194 Å². The van der Waals surface area contributed by atoms with E-state index < -0.39 is 0 Å². The number of amides is 1. The molecule has 1 aromatic heterocycles. The summed E-state index contributed by atoms with van der Waals surface area (Å²) in [6, 6.07) is 4.00. The van der Waals surface area contributed by atoms with Crippen LogP contribution in [-0.4, -0.2) is 79.4 Å². The zero-order valence-corrected chi connectivity index (χ0v) is 19.6. The van der Waals surface area contributed by atoms with Gasteiger partial charge in [0, 0.05) is 55.8 Å². The first-order valence-electron chi connectivity index (χ1n) is 11.3. The summed E-state index contributed by atoms with van der Waals surface area (Å²) >= 11 is 0. The van der Waals surface area contributed by atoms with Crippen LogP contribution in [0, 0.1) is 5.41 Å². The van der Waals surface area contributed by atoms with Crippen LogP contribution in [0.3, 0.4) is 0 Å². The van der Waals surface area contributed by atoms with E-state index >= 15 is 0 Å². The van der Waals surface area contributed by atoms with Gasteiger partial charge in [-0.25, -0.2) is 9.98 Å². The van der Waals surface area contributed by atoms with E-state index in [1.54, 1.807) is 6.20 Å². The Morgan fingerprint density at radius 1 is 1.33 bits per heavy atom. The molecule has 0 unspecified atom stereocenters. The Balaban J connectivity index is 1.46. The molecule has 1 aromatic rings. The van der Waals surface area contributed by atoms with Gasteiger partial charge in [-0.1, -0.05) is 6.58 Å². The number of hydrogen-bond donors (Lipinski definition) is 1. The Bertz CT molecular complexity index is 988. The fourth-order valence-corrected chi connectivity index (χ4v) is 4.10. The van der Waals surface area contributed by atoms with Crippen molar-refractivity contribution in [3.8, 4) is 0 Å². The van der Waals surface area contributed by atoms with Gasteiger partial charge in [0.15, 0.2) is 0 Å². The van der Waals surface area contributed by atoms with E-state index in [1.165, 1.54) is 6.20 Å². The SMILES string of the molecule is C=C/N=C(\C=C1/CNN=C1c1ccnc(N2CCN(C(=O)C3(C)COC3)CC2)c1)OC(C)C. The topological polar surface area (TPSA) is 91.7 Å². The summed E-state index contributed by atoms with van der Waals surface area (Å²) in [6.45, 7) is 14.0. The van der Waals surface area contributed by atoms with Crippen LogP contribution in [0.15, 0.2) is 52.9 Å². The third kappa shape index (κ3) is 5.08. The fourth-order valence-electron chi connectivity index (χ4n) is 4.10. The van der Waals surface area contributed by atoms with Gasteiger partial charge in [0.25, 0.3) is 0 Å². The van der Waals surface area contributed by atoms with Crippen LogP contribution in [0.25, 0.3) is 0 Å². The number of aliphatic imine (C=N–C) groups is 1. The largest absolute Gasteiger partial charge is 0.475 e. The predicted molar refractivity (Wildman–Crippen MR) is 128 cm³/mol. The predicted octanol–water partition coefficient (Wildman–Crippen LogP) is 1.97. The van der Waals surface area contributed by atoms with Gasteiger partial charge < -0.3 is 24.7 Å². The number of pyridine rings is 1. The highest BCUT2D eigenvalue weighted by molar-refractivity contribution is 6.16. The normalized spacial score (nSPS) is 21.5. The summed E-state index contributed by atoms with van der Waals surface area (Å²) in [5.74, 6) is 1.58. The number of anilines is 1. The minimum absolute atomic E-state index is 0.00721. The lowest BCUT2D eigenvalue weighted by Crippen LogP contribution is -2.58. The second-order valence-corrected chi connectivity index (χ2v) is 9.02. The Kier molecular flexibility index (Phi) is 6.78. The smallest absolute Gasteiger partial charge is 0.233 e. The lowest BCUT2D eigenvalue weighted by molar-refractivity contribution is -0.169. The van der Waals surface area contributed by atoms with Crippen LogP contribution in [0.5, 0.6) is 0 Å². The van der Waals surface area contributed by atoms with Crippen LogP contribution in [0.2, 0.25) is 0 Å². The average molecular weight is 453 g/mol. The molecule has 0 spiro atoms. The van der Waals surface area contributed by atoms with E-state index in [4.69, 9.17) is 9.47 Å². The summed E-state index contributed by atoms with van der Waals surface area (Å²) in [4.78, 5) is 25.7. The van der Waals surface area contributed by atoms with Crippen LogP contribution < -0.4 is 10.3 Å². The van der Waals surface area contributed by atoms with Crippen molar-refractivity contribution in [2.24, 2.45) is 15.5 Å². The van der Waals surface area contributed by atoms with Crippen molar-refractivity contribution >= 4 is 23.3 Å². The van der Waals surface area contributed by atoms with Gasteiger partial charge in [0.1, 0.15) is 5.82 Å².